The van der Waals surface area contributed by atoms with Crippen molar-refractivity contribution in [3.8, 4) is 0 Å². The Balaban J connectivity index is 1.63. The van der Waals surface area contributed by atoms with Crippen molar-refractivity contribution in [2.75, 3.05) is 17.3 Å². The molecule has 0 unspecified atom stereocenters. The van der Waals surface area contributed by atoms with Gasteiger partial charge in [0.25, 0.3) is 5.91 Å². The summed E-state index contributed by atoms with van der Waals surface area (Å²) in [5.41, 5.74) is 2.54. The molecule has 126 valence electrons. The number of hydrogen-bond acceptors (Lipinski definition) is 3. The van der Waals surface area contributed by atoms with Gasteiger partial charge in [-0.25, -0.2) is 9.37 Å². The number of rotatable bonds is 5. The fraction of sp³-hybridized carbons (Fsp3) is 0.100. The van der Waals surface area contributed by atoms with Crippen LogP contribution in [0.1, 0.15) is 15.9 Å². The van der Waals surface area contributed by atoms with Crippen LogP contribution in [0.5, 0.6) is 0 Å². The Kier molecular flexibility index (Phi) is 5.04. The van der Waals surface area contributed by atoms with Crippen LogP contribution in [0.25, 0.3) is 0 Å². The Morgan fingerprint density at radius 2 is 1.76 bits per heavy atom. The van der Waals surface area contributed by atoms with Crippen LogP contribution in [0.4, 0.5) is 15.9 Å². The van der Waals surface area contributed by atoms with Crippen molar-refractivity contribution in [1.29, 1.82) is 0 Å². The molecular weight excluding hydrogens is 317 g/mol. The van der Waals surface area contributed by atoms with Crippen LogP contribution in [0.2, 0.25) is 0 Å². The lowest BCUT2D eigenvalue weighted by atomic mass is 10.2. The molecule has 25 heavy (non-hydrogen) atoms. The summed E-state index contributed by atoms with van der Waals surface area (Å²) in [4.78, 5) is 18.5. The van der Waals surface area contributed by atoms with Gasteiger partial charge in [-0.2, -0.15) is 0 Å². The molecule has 0 saturated carbocycles. The van der Waals surface area contributed by atoms with Gasteiger partial charge in [0, 0.05) is 19.2 Å². The standard InChI is InChI=1S/C20H18FN3O/c1-24(14-15-5-3-2-4-6-15)18-11-12-19(22-13-18)23-20(25)16-7-9-17(21)10-8-16/h2-13H,14H2,1H3,(H,22,23,25). The SMILES string of the molecule is CN(Cc1ccccc1)c1ccc(NC(=O)c2ccc(F)cc2)nc1. The molecule has 1 amide bonds. The Morgan fingerprint density at radius 1 is 1.04 bits per heavy atom. The lowest BCUT2D eigenvalue weighted by molar-refractivity contribution is 0.102. The molecule has 1 aromatic heterocycles. The van der Waals surface area contributed by atoms with Gasteiger partial charge in [0.2, 0.25) is 0 Å². The predicted molar refractivity (Wildman–Crippen MR) is 97.1 cm³/mol. The van der Waals surface area contributed by atoms with Gasteiger partial charge >= 0.3 is 0 Å². The Bertz CT molecular complexity index is 833. The van der Waals surface area contributed by atoms with Crippen molar-refractivity contribution in [3.05, 3.63) is 89.9 Å². The first-order valence-corrected chi connectivity index (χ1v) is 7.90. The smallest absolute Gasteiger partial charge is 0.256 e. The van der Waals surface area contributed by atoms with E-state index in [2.05, 4.69) is 27.3 Å². The van der Waals surface area contributed by atoms with Gasteiger partial charge < -0.3 is 10.2 Å². The molecule has 0 bridgehead atoms. The topological polar surface area (TPSA) is 45.2 Å². The van der Waals surface area contributed by atoms with E-state index in [9.17, 15) is 9.18 Å². The van der Waals surface area contributed by atoms with E-state index in [4.69, 9.17) is 0 Å². The van der Waals surface area contributed by atoms with E-state index in [0.717, 1.165) is 12.2 Å². The fourth-order valence-electron chi connectivity index (χ4n) is 2.42. The number of nitrogens with zero attached hydrogens (tertiary/aromatic N) is 2. The molecule has 0 atom stereocenters. The highest BCUT2D eigenvalue weighted by Gasteiger charge is 2.08. The first-order valence-electron chi connectivity index (χ1n) is 7.90. The van der Waals surface area contributed by atoms with Crippen LogP contribution in [0, 0.1) is 5.82 Å². The number of carbonyl (C=O) groups is 1. The summed E-state index contributed by atoms with van der Waals surface area (Å²) in [6.07, 6.45) is 1.71. The number of anilines is 2. The summed E-state index contributed by atoms with van der Waals surface area (Å²) in [5, 5.41) is 2.70. The lowest BCUT2D eigenvalue weighted by Gasteiger charge is -2.19. The van der Waals surface area contributed by atoms with Crippen molar-refractivity contribution < 1.29 is 9.18 Å². The van der Waals surface area contributed by atoms with E-state index in [0.29, 0.717) is 11.4 Å². The summed E-state index contributed by atoms with van der Waals surface area (Å²) in [6, 6.07) is 19.2. The molecule has 4 nitrogen and oxygen atoms in total. The molecule has 0 aliphatic heterocycles. The second kappa shape index (κ2) is 7.57. The van der Waals surface area contributed by atoms with Crippen LogP contribution < -0.4 is 10.2 Å². The van der Waals surface area contributed by atoms with Crippen molar-refractivity contribution >= 4 is 17.4 Å². The van der Waals surface area contributed by atoms with Crippen molar-refractivity contribution in [2.45, 2.75) is 6.54 Å². The van der Waals surface area contributed by atoms with Crippen LogP contribution >= 0.6 is 0 Å². The van der Waals surface area contributed by atoms with Gasteiger partial charge in [0.1, 0.15) is 11.6 Å². The van der Waals surface area contributed by atoms with Crippen molar-refractivity contribution in [2.24, 2.45) is 0 Å². The Labute approximate surface area is 145 Å². The van der Waals surface area contributed by atoms with E-state index in [1.807, 2.05) is 31.3 Å². The maximum absolute atomic E-state index is 12.9. The molecule has 0 spiro atoms. The minimum absolute atomic E-state index is 0.321. The number of benzene rings is 2. The minimum atomic E-state index is -0.375. The quantitative estimate of drug-likeness (QED) is 0.763. The molecule has 5 heteroatoms. The number of carbonyl (C=O) groups excluding carboxylic acids is 1. The number of amides is 1. The highest BCUT2D eigenvalue weighted by atomic mass is 19.1. The van der Waals surface area contributed by atoms with Crippen LogP contribution in [-0.4, -0.2) is 17.9 Å². The van der Waals surface area contributed by atoms with E-state index in [1.165, 1.54) is 29.8 Å². The summed E-state index contributed by atoms with van der Waals surface area (Å²) in [6.45, 7) is 0.768. The molecule has 3 aromatic rings. The predicted octanol–water partition coefficient (Wildman–Crippen LogP) is 4.11. The minimum Gasteiger partial charge on any atom is -0.369 e. The van der Waals surface area contributed by atoms with Gasteiger partial charge in [-0.05, 0) is 42.0 Å². The zero-order valence-corrected chi connectivity index (χ0v) is 13.8. The average molecular weight is 335 g/mol. The highest BCUT2D eigenvalue weighted by molar-refractivity contribution is 6.03. The van der Waals surface area contributed by atoms with E-state index >= 15 is 0 Å². The van der Waals surface area contributed by atoms with E-state index in [-0.39, 0.29) is 11.7 Å². The van der Waals surface area contributed by atoms with Crippen LogP contribution in [0.15, 0.2) is 72.9 Å². The number of nitrogens with one attached hydrogen (secondary N) is 1. The molecular formula is C20H18FN3O. The van der Waals surface area contributed by atoms with Gasteiger partial charge in [0.05, 0.1) is 11.9 Å². The largest absolute Gasteiger partial charge is 0.369 e. The first kappa shape index (κ1) is 16.6. The third kappa shape index (κ3) is 4.41. The van der Waals surface area contributed by atoms with Gasteiger partial charge in [-0.3, -0.25) is 4.79 Å². The molecule has 2 aromatic carbocycles. The van der Waals surface area contributed by atoms with Crippen molar-refractivity contribution in [3.63, 3.8) is 0 Å². The zero-order valence-electron chi connectivity index (χ0n) is 13.8. The van der Waals surface area contributed by atoms with E-state index in [1.54, 1.807) is 12.3 Å². The zero-order chi connectivity index (χ0) is 17.6. The molecule has 0 aliphatic carbocycles. The lowest BCUT2D eigenvalue weighted by Crippen LogP contribution is -2.17. The normalized spacial score (nSPS) is 10.3. The third-order valence-corrected chi connectivity index (χ3v) is 3.80. The summed E-state index contributed by atoms with van der Waals surface area (Å²) >= 11 is 0. The third-order valence-electron chi connectivity index (χ3n) is 3.80. The van der Waals surface area contributed by atoms with Gasteiger partial charge in [0.15, 0.2) is 0 Å². The summed E-state index contributed by atoms with van der Waals surface area (Å²) in [5.74, 6) is -0.246. The number of hydrogen-bond donors (Lipinski definition) is 1. The average Bonchev–Trinajstić information content (AvgIpc) is 2.63. The summed E-state index contributed by atoms with van der Waals surface area (Å²) < 4.78 is 12.9. The molecule has 1 heterocycles. The number of halogens is 1. The fourth-order valence-corrected chi connectivity index (χ4v) is 2.42. The van der Waals surface area contributed by atoms with Crippen LogP contribution in [0.3, 0.4) is 0 Å². The monoisotopic (exact) mass is 335 g/mol. The van der Waals surface area contributed by atoms with E-state index < -0.39 is 0 Å². The molecule has 0 fully saturated rings. The number of pyridine rings is 1. The molecule has 0 aliphatic rings. The highest BCUT2D eigenvalue weighted by Crippen LogP contribution is 2.17. The number of aromatic nitrogens is 1. The second-order valence-corrected chi connectivity index (χ2v) is 5.70. The Morgan fingerprint density at radius 3 is 2.40 bits per heavy atom. The maximum atomic E-state index is 12.9. The van der Waals surface area contributed by atoms with Crippen LogP contribution in [-0.2, 0) is 6.54 Å². The Hall–Kier alpha value is -3.21. The first-order chi connectivity index (χ1) is 12.1. The molecule has 0 saturated heterocycles. The molecule has 0 radical (unpaired) electrons. The van der Waals surface area contributed by atoms with Gasteiger partial charge in [-0.1, -0.05) is 30.3 Å². The molecule has 3 rings (SSSR count). The van der Waals surface area contributed by atoms with Crippen molar-refractivity contribution in [1.82, 2.24) is 4.98 Å². The second-order valence-electron chi connectivity index (χ2n) is 5.70. The van der Waals surface area contributed by atoms with Gasteiger partial charge in [-0.15, -0.1) is 0 Å². The summed E-state index contributed by atoms with van der Waals surface area (Å²) in [7, 11) is 1.99. The molecule has 1 N–H and O–H groups in total. The maximum Gasteiger partial charge on any atom is 0.256 e.